The molecule has 1 aliphatic rings. The number of aromatic nitrogens is 4. The lowest BCUT2D eigenvalue weighted by atomic mass is 9.90. The Kier molecular flexibility index (Phi) is 6.04. The molecule has 0 saturated carbocycles. The van der Waals surface area contributed by atoms with Gasteiger partial charge in [-0.25, -0.2) is 9.97 Å². The minimum atomic E-state index is 0.0184. The predicted octanol–water partition coefficient (Wildman–Crippen LogP) is 5.28. The number of carbonyl (C=O) groups excluding carboxylic acids is 1. The highest BCUT2D eigenvalue weighted by molar-refractivity contribution is 6.30. The van der Waals surface area contributed by atoms with Gasteiger partial charge in [-0.1, -0.05) is 29.8 Å². The molecule has 33 heavy (non-hydrogen) atoms. The van der Waals surface area contributed by atoms with Crippen molar-refractivity contribution in [2.45, 2.75) is 18.8 Å². The third-order valence-corrected chi connectivity index (χ3v) is 6.12. The summed E-state index contributed by atoms with van der Waals surface area (Å²) in [5, 5.41) is 11.3. The summed E-state index contributed by atoms with van der Waals surface area (Å²) in [6.45, 7) is 1.38. The molecule has 1 saturated heterocycles. The topological polar surface area (TPSA) is 86.8 Å². The zero-order chi connectivity index (χ0) is 22.6. The average molecular weight is 459 g/mol. The summed E-state index contributed by atoms with van der Waals surface area (Å²) in [5.41, 5.74) is 4.60. The third-order valence-electron chi connectivity index (χ3n) is 5.87. The molecule has 3 heterocycles. The van der Waals surface area contributed by atoms with Gasteiger partial charge < -0.3 is 10.2 Å². The van der Waals surface area contributed by atoms with Gasteiger partial charge in [0.25, 0.3) is 5.91 Å². The van der Waals surface area contributed by atoms with E-state index >= 15 is 0 Å². The molecule has 1 fully saturated rings. The van der Waals surface area contributed by atoms with Crippen molar-refractivity contribution in [1.29, 1.82) is 0 Å². The van der Waals surface area contributed by atoms with Crippen LogP contribution in [0, 0.1) is 0 Å². The molecule has 1 amide bonds. The minimum absolute atomic E-state index is 0.0184. The molecule has 0 bridgehead atoms. The van der Waals surface area contributed by atoms with Crippen LogP contribution in [-0.2, 0) is 0 Å². The first-order valence-electron chi connectivity index (χ1n) is 10.9. The highest BCUT2D eigenvalue weighted by Crippen LogP contribution is 2.34. The number of hydrogen-bond donors (Lipinski definition) is 2. The van der Waals surface area contributed by atoms with Crippen molar-refractivity contribution in [2.75, 3.05) is 18.4 Å². The Morgan fingerprint density at radius 3 is 2.73 bits per heavy atom. The second-order valence-corrected chi connectivity index (χ2v) is 8.51. The van der Waals surface area contributed by atoms with E-state index in [9.17, 15) is 4.79 Å². The molecule has 2 N–H and O–H groups in total. The molecule has 7 nitrogen and oxygen atoms in total. The number of nitrogens with zero attached hydrogens (tertiary/aromatic N) is 4. The fraction of sp³-hybridized carbons (Fsp3) is 0.200. The van der Waals surface area contributed by atoms with Gasteiger partial charge in [0.2, 0.25) is 5.95 Å². The maximum atomic E-state index is 13.3. The second-order valence-electron chi connectivity index (χ2n) is 8.07. The van der Waals surface area contributed by atoms with Crippen molar-refractivity contribution in [3.8, 4) is 11.1 Å². The van der Waals surface area contributed by atoms with Crippen LogP contribution < -0.4 is 5.32 Å². The van der Waals surface area contributed by atoms with Gasteiger partial charge in [0.05, 0.1) is 6.20 Å². The average Bonchev–Trinajstić information content (AvgIpc) is 3.35. The Labute approximate surface area is 196 Å². The molecule has 2 aromatic heterocycles. The van der Waals surface area contributed by atoms with Gasteiger partial charge >= 0.3 is 0 Å². The van der Waals surface area contributed by atoms with Crippen LogP contribution in [-0.4, -0.2) is 44.1 Å². The van der Waals surface area contributed by atoms with E-state index in [2.05, 4.69) is 25.5 Å². The van der Waals surface area contributed by atoms with Crippen molar-refractivity contribution < 1.29 is 4.79 Å². The summed E-state index contributed by atoms with van der Waals surface area (Å²) in [4.78, 5) is 23.6. The molecule has 4 aromatic rings. The van der Waals surface area contributed by atoms with E-state index in [0.717, 1.165) is 41.9 Å². The number of benzene rings is 2. The van der Waals surface area contributed by atoms with Gasteiger partial charge in [-0.05, 0) is 54.8 Å². The molecule has 166 valence electrons. The smallest absolute Gasteiger partial charge is 0.253 e. The Morgan fingerprint density at radius 2 is 1.91 bits per heavy atom. The van der Waals surface area contributed by atoms with Crippen LogP contribution in [0.5, 0.6) is 0 Å². The molecule has 0 radical (unpaired) electrons. The van der Waals surface area contributed by atoms with Crippen molar-refractivity contribution in [3.05, 3.63) is 89.5 Å². The summed E-state index contributed by atoms with van der Waals surface area (Å²) in [6.07, 6.45) is 7.13. The van der Waals surface area contributed by atoms with Crippen molar-refractivity contribution in [1.82, 2.24) is 25.1 Å². The van der Waals surface area contributed by atoms with E-state index in [1.54, 1.807) is 18.5 Å². The number of anilines is 2. The molecule has 0 spiro atoms. The number of H-pyrrole nitrogens is 1. The molecule has 1 unspecified atom stereocenters. The molecule has 2 aromatic carbocycles. The molecule has 8 heteroatoms. The van der Waals surface area contributed by atoms with Crippen LogP contribution in [0.1, 0.15) is 34.8 Å². The first-order valence-corrected chi connectivity index (χ1v) is 11.3. The Balaban J connectivity index is 1.33. The SMILES string of the molecule is O=C(c1cccc(Nc2ncccn2)c1)N1CCCC(c2[nH]ncc2-c2ccc(Cl)cc2)C1. The van der Waals surface area contributed by atoms with E-state index < -0.39 is 0 Å². The molecular weight excluding hydrogens is 436 g/mol. The lowest BCUT2D eigenvalue weighted by Crippen LogP contribution is -2.39. The molecule has 0 aliphatic carbocycles. The molecular formula is C25H23ClN6O. The number of likely N-dealkylation sites (tertiary alicyclic amines) is 1. The first kappa shape index (κ1) is 21.2. The van der Waals surface area contributed by atoms with Crippen molar-refractivity contribution in [3.63, 3.8) is 0 Å². The highest BCUT2D eigenvalue weighted by Gasteiger charge is 2.28. The number of amides is 1. The zero-order valence-corrected chi connectivity index (χ0v) is 18.7. The van der Waals surface area contributed by atoms with Crippen LogP contribution in [0.2, 0.25) is 5.02 Å². The maximum absolute atomic E-state index is 13.3. The van der Waals surface area contributed by atoms with Gasteiger partial charge in [0, 0.05) is 58.9 Å². The fourth-order valence-corrected chi connectivity index (χ4v) is 4.40. The molecule has 5 rings (SSSR count). The number of carbonyl (C=O) groups is 1. The Hall–Kier alpha value is -3.71. The maximum Gasteiger partial charge on any atom is 0.253 e. The summed E-state index contributed by atoms with van der Waals surface area (Å²) in [5.74, 6) is 0.703. The van der Waals surface area contributed by atoms with Gasteiger partial charge in [-0.15, -0.1) is 0 Å². The summed E-state index contributed by atoms with van der Waals surface area (Å²) < 4.78 is 0. The summed E-state index contributed by atoms with van der Waals surface area (Å²) in [7, 11) is 0. The van der Waals surface area contributed by atoms with Crippen molar-refractivity contribution in [2.24, 2.45) is 0 Å². The number of aromatic amines is 1. The highest BCUT2D eigenvalue weighted by atomic mass is 35.5. The van der Waals surface area contributed by atoms with Crippen LogP contribution >= 0.6 is 11.6 Å². The molecule has 1 atom stereocenters. The van der Waals surface area contributed by atoms with Crippen molar-refractivity contribution >= 4 is 29.1 Å². The summed E-state index contributed by atoms with van der Waals surface area (Å²) in [6, 6.07) is 17.0. The Morgan fingerprint density at radius 1 is 1.09 bits per heavy atom. The van der Waals surface area contributed by atoms with E-state index in [-0.39, 0.29) is 11.8 Å². The quantitative estimate of drug-likeness (QED) is 0.424. The second kappa shape index (κ2) is 9.42. The number of rotatable bonds is 5. The summed E-state index contributed by atoms with van der Waals surface area (Å²) >= 11 is 6.05. The first-order chi connectivity index (χ1) is 16.2. The predicted molar refractivity (Wildman–Crippen MR) is 129 cm³/mol. The van der Waals surface area contributed by atoms with Gasteiger partial charge in [-0.2, -0.15) is 5.10 Å². The monoisotopic (exact) mass is 458 g/mol. The lowest BCUT2D eigenvalue weighted by molar-refractivity contribution is 0.0706. The van der Waals surface area contributed by atoms with Gasteiger partial charge in [-0.3, -0.25) is 9.89 Å². The van der Waals surface area contributed by atoms with E-state index in [1.807, 2.05) is 59.6 Å². The fourth-order valence-electron chi connectivity index (χ4n) is 4.27. The van der Waals surface area contributed by atoms with Gasteiger partial charge in [0.15, 0.2) is 0 Å². The van der Waals surface area contributed by atoms with Gasteiger partial charge in [0.1, 0.15) is 0 Å². The number of nitrogens with one attached hydrogen (secondary N) is 2. The normalized spacial score (nSPS) is 15.9. The van der Waals surface area contributed by atoms with Crippen LogP contribution in [0.3, 0.4) is 0 Å². The van der Waals surface area contributed by atoms with Crippen LogP contribution in [0.15, 0.2) is 73.2 Å². The van der Waals surface area contributed by atoms with E-state index in [1.165, 1.54) is 0 Å². The number of piperidine rings is 1. The van der Waals surface area contributed by atoms with E-state index in [0.29, 0.717) is 23.1 Å². The van der Waals surface area contributed by atoms with Crippen LogP contribution in [0.25, 0.3) is 11.1 Å². The molecule has 1 aliphatic heterocycles. The third kappa shape index (κ3) is 4.73. The number of hydrogen-bond acceptors (Lipinski definition) is 5. The largest absolute Gasteiger partial charge is 0.338 e. The van der Waals surface area contributed by atoms with E-state index in [4.69, 9.17) is 11.6 Å². The number of halogens is 1. The lowest BCUT2D eigenvalue weighted by Gasteiger charge is -2.33. The minimum Gasteiger partial charge on any atom is -0.338 e. The van der Waals surface area contributed by atoms with Crippen LogP contribution in [0.4, 0.5) is 11.6 Å². The Bertz CT molecular complexity index is 1240. The standard InChI is InChI=1S/C25H23ClN6O/c26-20-9-7-17(8-10-20)22-15-29-31-23(22)19-5-2-13-32(16-19)24(33)18-4-1-6-21(14-18)30-25-27-11-3-12-28-25/h1,3-4,6-12,14-15,19H,2,5,13,16H2,(H,29,31)(H,27,28,30). The zero-order valence-electron chi connectivity index (χ0n) is 17.9.